The summed E-state index contributed by atoms with van der Waals surface area (Å²) in [7, 11) is 0. The Morgan fingerprint density at radius 1 is 1.17 bits per heavy atom. The van der Waals surface area contributed by atoms with E-state index in [0.717, 1.165) is 11.3 Å². The molecule has 0 radical (unpaired) electrons. The second-order valence-electron chi connectivity index (χ2n) is 6.25. The topological polar surface area (TPSA) is 95.1 Å². The van der Waals surface area contributed by atoms with Crippen LogP contribution in [0.25, 0.3) is 11.8 Å². The lowest BCUT2D eigenvalue weighted by molar-refractivity contribution is -0.112. The maximum atomic E-state index is 12.5. The minimum atomic E-state index is -1.10. The first-order chi connectivity index (χ1) is 13.9. The fourth-order valence-electron chi connectivity index (χ4n) is 2.70. The van der Waals surface area contributed by atoms with Gasteiger partial charge in [-0.25, -0.2) is 4.79 Å². The molecule has 0 saturated carbocycles. The molecule has 0 aliphatic heterocycles. The number of carbonyl (C=O) groups excluding carboxylic acids is 1. The first-order valence-electron chi connectivity index (χ1n) is 8.59. The third kappa shape index (κ3) is 4.54. The Labute approximate surface area is 172 Å². The number of anilines is 1. The zero-order valence-corrected chi connectivity index (χ0v) is 16.1. The summed E-state index contributed by atoms with van der Waals surface area (Å²) in [6.45, 7) is 1.90. The Balaban J connectivity index is 1.89. The molecule has 1 heterocycles. The average molecular weight is 406 g/mol. The molecule has 6 nitrogen and oxygen atoms in total. The van der Waals surface area contributed by atoms with E-state index in [1.54, 1.807) is 35.0 Å². The highest BCUT2D eigenvalue weighted by Gasteiger charge is 2.13. The molecule has 29 heavy (non-hydrogen) atoms. The van der Waals surface area contributed by atoms with Crippen molar-refractivity contribution in [1.29, 1.82) is 5.26 Å². The van der Waals surface area contributed by atoms with Gasteiger partial charge in [0.1, 0.15) is 11.6 Å². The number of aromatic carboxylic acids is 1. The molecule has 144 valence electrons. The van der Waals surface area contributed by atoms with Crippen molar-refractivity contribution in [2.45, 2.75) is 6.92 Å². The number of carboxylic acids is 1. The molecule has 0 bridgehead atoms. The fraction of sp³-hybridized carbons (Fsp3) is 0.0455. The molecule has 0 spiro atoms. The van der Waals surface area contributed by atoms with Crippen LogP contribution in [0.3, 0.4) is 0 Å². The van der Waals surface area contributed by atoms with Crippen LogP contribution in [-0.4, -0.2) is 21.6 Å². The Bertz CT molecular complexity index is 1170. The van der Waals surface area contributed by atoms with Crippen molar-refractivity contribution in [3.8, 4) is 11.8 Å². The average Bonchev–Trinajstić information content (AvgIpc) is 3.16. The van der Waals surface area contributed by atoms with Crippen molar-refractivity contribution in [2.24, 2.45) is 0 Å². The van der Waals surface area contributed by atoms with E-state index in [2.05, 4.69) is 5.32 Å². The van der Waals surface area contributed by atoms with Crippen molar-refractivity contribution in [3.63, 3.8) is 0 Å². The molecular formula is C22H16ClN3O3. The molecule has 1 aromatic heterocycles. The maximum Gasteiger partial charge on any atom is 0.335 e. The number of rotatable bonds is 5. The SMILES string of the molecule is Cc1ccc(-n2cccc2/C=C(/C#N)C(=O)Nc2cccc(C(=O)O)c2)cc1Cl. The second-order valence-corrected chi connectivity index (χ2v) is 6.65. The number of nitrogens with one attached hydrogen (secondary N) is 1. The first kappa shape index (κ1) is 19.9. The number of hydrogen-bond donors (Lipinski definition) is 2. The van der Waals surface area contributed by atoms with Gasteiger partial charge in [-0.15, -0.1) is 0 Å². The van der Waals surface area contributed by atoms with Gasteiger partial charge < -0.3 is 15.0 Å². The largest absolute Gasteiger partial charge is 0.478 e. The van der Waals surface area contributed by atoms with Crippen LogP contribution in [0.15, 0.2) is 66.4 Å². The van der Waals surface area contributed by atoms with Crippen molar-refractivity contribution < 1.29 is 14.7 Å². The van der Waals surface area contributed by atoms with Crippen LogP contribution in [0.5, 0.6) is 0 Å². The first-order valence-corrected chi connectivity index (χ1v) is 8.97. The quantitative estimate of drug-likeness (QED) is 0.475. The Morgan fingerprint density at radius 2 is 1.97 bits per heavy atom. The molecule has 2 aromatic carbocycles. The molecule has 0 fully saturated rings. The van der Waals surface area contributed by atoms with E-state index < -0.39 is 11.9 Å². The summed E-state index contributed by atoms with van der Waals surface area (Å²) in [6.07, 6.45) is 3.26. The minimum absolute atomic E-state index is 0.0374. The monoisotopic (exact) mass is 405 g/mol. The Hall–Kier alpha value is -3.82. The molecule has 1 amide bonds. The van der Waals surface area contributed by atoms with Gasteiger partial charge in [0.15, 0.2) is 0 Å². The molecule has 0 atom stereocenters. The predicted molar refractivity (Wildman–Crippen MR) is 111 cm³/mol. The number of carboxylic acid groups (broad SMARTS) is 1. The maximum absolute atomic E-state index is 12.5. The van der Waals surface area contributed by atoms with E-state index in [-0.39, 0.29) is 16.8 Å². The number of halogens is 1. The van der Waals surface area contributed by atoms with Gasteiger partial charge in [0, 0.05) is 28.3 Å². The molecule has 0 unspecified atom stereocenters. The summed E-state index contributed by atoms with van der Waals surface area (Å²) in [5, 5.41) is 21.7. The highest BCUT2D eigenvalue weighted by Crippen LogP contribution is 2.22. The van der Waals surface area contributed by atoms with Gasteiger partial charge in [-0.1, -0.05) is 23.7 Å². The lowest BCUT2D eigenvalue weighted by Gasteiger charge is -2.09. The highest BCUT2D eigenvalue weighted by molar-refractivity contribution is 6.31. The van der Waals surface area contributed by atoms with E-state index in [1.807, 2.05) is 25.1 Å². The molecule has 0 aliphatic rings. The predicted octanol–water partition coefficient (Wildman–Crippen LogP) is 4.68. The summed E-state index contributed by atoms with van der Waals surface area (Å²) in [5.41, 5.74) is 2.57. The molecule has 3 aromatic rings. The summed E-state index contributed by atoms with van der Waals surface area (Å²) in [6, 6.07) is 16.8. The number of carbonyl (C=O) groups is 2. The van der Waals surface area contributed by atoms with Crippen molar-refractivity contribution in [1.82, 2.24) is 4.57 Å². The number of nitrogens with zero attached hydrogens (tertiary/aromatic N) is 2. The van der Waals surface area contributed by atoms with Gasteiger partial charge >= 0.3 is 5.97 Å². The normalized spacial score (nSPS) is 11.0. The fourth-order valence-corrected chi connectivity index (χ4v) is 2.88. The van der Waals surface area contributed by atoms with Gasteiger partial charge in [-0.2, -0.15) is 5.26 Å². The zero-order valence-electron chi connectivity index (χ0n) is 15.4. The van der Waals surface area contributed by atoms with E-state index in [4.69, 9.17) is 16.7 Å². The third-order valence-electron chi connectivity index (χ3n) is 4.24. The van der Waals surface area contributed by atoms with Crippen LogP contribution in [0.1, 0.15) is 21.6 Å². The van der Waals surface area contributed by atoms with Crippen LogP contribution < -0.4 is 5.32 Å². The van der Waals surface area contributed by atoms with Gasteiger partial charge in [0.05, 0.1) is 5.56 Å². The van der Waals surface area contributed by atoms with Crippen molar-refractivity contribution >= 4 is 35.2 Å². The van der Waals surface area contributed by atoms with E-state index in [0.29, 0.717) is 10.7 Å². The lowest BCUT2D eigenvalue weighted by Crippen LogP contribution is -2.14. The summed E-state index contributed by atoms with van der Waals surface area (Å²) >= 11 is 6.20. The number of aryl methyl sites for hydroxylation is 1. The molecule has 0 saturated heterocycles. The second kappa shape index (κ2) is 8.46. The summed E-state index contributed by atoms with van der Waals surface area (Å²) < 4.78 is 1.81. The highest BCUT2D eigenvalue weighted by atomic mass is 35.5. The van der Waals surface area contributed by atoms with E-state index in [1.165, 1.54) is 24.3 Å². The van der Waals surface area contributed by atoms with E-state index in [9.17, 15) is 14.9 Å². The van der Waals surface area contributed by atoms with Gasteiger partial charge in [-0.3, -0.25) is 4.79 Å². The van der Waals surface area contributed by atoms with Crippen LogP contribution in [0.4, 0.5) is 5.69 Å². The van der Waals surface area contributed by atoms with Gasteiger partial charge in [0.2, 0.25) is 0 Å². The number of amides is 1. The molecule has 0 aliphatic carbocycles. The lowest BCUT2D eigenvalue weighted by atomic mass is 10.1. The van der Waals surface area contributed by atoms with Gasteiger partial charge in [-0.05, 0) is 61.0 Å². The summed E-state index contributed by atoms with van der Waals surface area (Å²) in [4.78, 5) is 23.6. The van der Waals surface area contributed by atoms with Crippen LogP contribution in [-0.2, 0) is 4.79 Å². The van der Waals surface area contributed by atoms with E-state index >= 15 is 0 Å². The molecule has 2 N–H and O–H groups in total. The molecule has 7 heteroatoms. The van der Waals surface area contributed by atoms with Crippen LogP contribution in [0.2, 0.25) is 5.02 Å². The Kier molecular flexibility index (Phi) is 5.82. The third-order valence-corrected chi connectivity index (χ3v) is 4.65. The number of hydrogen-bond acceptors (Lipinski definition) is 3. The van der Waals surface area contributed by atoms with Crippen molar-refractivity contribution in [2.75, 3.05) is 5.32 Å². The van der Waals surface area contributed by atoms with Gasteiger partial charge in [0.25, 0.3) is 5.91 Å². The Morgan fingerprint density at radius 3 is 2.66 bits per heavy atom. The number of aromatic nitrogens is 1. The summed E-state index contributed by atoms with van der Waals surface area (Å²) in [5.74, 6) is -1.74. The smallest absolute Gasteiger partial charge is 0.335 e. The van der Waals surface area contributed by atoms with Crippen molar-refractivity contribution in [3.05, 3.63) is 88.2 Å². The van der Waals surface area contributed by atoms with Crippen LogP contribution >= 0.6 is 11.6 Å². The molecular weight excluding hydrogens is 390 g/mol. The number of nitriles is 1. The van der Waals surface area contributed by atoms with Crippen LogP contribution in [0, 0.1) is 18.3 Å². The minimum Gasteiger partial charge on any atom is -0.478 e. The standard InChI is InChI=1S/C22H16ClN3O3/c1-14-7-8-19(12-20(14)23)26-9-3-6-18(26)11-16(13-24)21(27)25-17-5-2-4-15(10-17)22(28)29/h2-12H,1H3,(H,25,27)(H,28,29)/b16-11-. The molecule has 3 rings (SSSR count). The zero-order chi connectivity index (χ0) is 21.0. The number of benzene rings is 2.